The molecule has 0 saturated heterocycles. The molecule has 10 nitrogen and oxygen atoms in total. The van der Waals surface area contributed by atoms with E-state index < -0.39 is 62.7 Å². The lowest BCUT2D eigenvalue weighted by Gasteiger charge is -2.07. The van der Waals surface area contributed by atoms with Crippen LogP contribution in [0.25, 0.3) is 0 Å². The van der Waals surface area contributed by atoms with Crippen molar-refractivity contribution in [2.45, 2.75) is 6.42 Å². The standard InChI is InChI=1S/C15H8F2N2O8/c16-8-3-1-5-10(18(22)23)14(8)26-12(20)7-13(21)27-15-9(17)4-2-6-11(15)19(24)25/h1-6H,7H2. The number of halogens is 2. The molecular formula is C15H8F2N2O8. The molecule has 0 fully saturated rings. The van der Waals surface area contributed by atoms with E-state index in [0.717, 1.165) is 36.4 Å². The van der Waals surface area contributed by atoms with Crippen LogP contribution < -0.4 is 9.47 Å². The molecule has 0 aliphatic carbocycles. The minimum Gasteiger partial charge on any atom is -0.416 e. The number of hydrogen-bond acceptors (Lipinski definition) is 8. The maximum Gasteiger partial charge on any atom is 0.322 e. The number of para-hydroxylation sites is 2. The lowest BCUT2D eigenvalue weighted by molar-refractivity contribution is -0.385. The molecule has 0 radical (unpaired) electrons. The van der Waals surface area contributed by atoms with Crippen LogP contribution in [0, 0.1) is 31.9 Å². The third-order valence-electron chi connectivity index (χ3n) is 3.01. The van der Waals surface area contributed by atoms with Crippen LogP contribution in [0.2, 0.25) is 0 Å². The first-order chi connectivity index (χ1) is 12.7. The van der Waals surface area contributed by atoms with Crippen molar-refractivity contribution in [2.75, 3.05) is 0 Å². The molecule has 0 bridgehead atoms. The maximum atomic E-state index is 13.6. The topological polar surface area (TPSA) is 139 Å². The van der Waals surface area contributed by atoms with Crippen LogP contribution in [0.5, 0.6) is 11.5 Å². The summed E-state index contributed by atoms with van der Waals surface area (Å²) in [5.74, 6) is -7.39. The molecule has 0 N–H and O–H groups in total. The van der Waals surface area contributed by atoms with Crippen LogP contribution in [0.3, 0.4) is 0 Å². The number of carbonyl (C=O) groups is 2. The second kappa shape index (κ2) is 7.95. The third-order valence-corrected chi connectivity index (χ3v) is 3.01. The number of nitro groups is 2. The van der Waals surface area contributed by atoms with E-state index in [4.69, 9.17) is 0 Å². The van der Waals surface area contributed by atoms with Gasteiger partial charge in [0.1, 0.15) is 6.42 Å². The van der Waals surface area contributed by atoms with Gasteiger partial charge in [0.15, 0.2) is 11.6 Å². The summed E-state index contributed by atoms with van der Waals surface area (Å²) in [4.78, 5) is 43.0. The van der Waals surface area contributed by atoms with Gasteiger partial charge in [-0.3, -0.25) is 29.8 Å². The average Bonchev–Trinajstić information content (AvgIpc) is 2.57. The van der Waals surface area contributed by atoms with Crippen molar-refractivity contribution < 1.29 is 37.7 Å². The number of ether oxygens (including phenoxy) is 2. The van der Waals surface area contributed by atoms with E-state index in [9.17, 15) is 38.6 Å². The fourth-order valence-corrected chi connectivity index (χ4v) is 1.90. The van der Waals surface area contributed by atoms with Crippen molar-refractivity contribution in [3.63, 3.8) is 0 Å². The van der Waals surface area contributed by atoms with Crippen LogP contribution in [-0.2, 0) is 9.59 Å². The molecule has 0 atom stereocenters. The molecule has 0 amide bonds. The van der Waals surface area contributed by atoms with Gasteiger partial charge in [-0.2, -0.15) is 0 Å². The lowest BCUT2D eigenvalue weighted by atomic mass is 10.3. The van der Waals surface area contributed by atoms with Crippen molar-refractivity contribution in [1.29, 1.82) is 0 Å². The molecule has 140 valence electrons. The minimum absolute atomic E-state index is 0.788. The van der Waals surface area contributed by atoms with Gasteiger partial charge in [-0.25, -0.2) is 8.78 Å². The minimum atomic E-state index is -1.45. The zero-order chi connectivity index (χ0) is 20.1. The van der Waals surface area contributed by atoms with E-state index in [1.165, 1.54) is 0 Å². The molecule has 0 aliphatic heterocycles. The van der Waals surface area contributed by atoms with Gasteiger partial charge in [0, 0.05) is 12.1 Å². The van der Waals surface area contributed by atoms with Crippen LogP contribution in [0.15, 0.2) is 36.4 Å². The molecule has 2 rings (SSSR count). The van der Waals surface area contributed by atoms with Gasteiger partial charge in [0.2, 0.25) is 11.5 Å². The predicted octanol–water partition coefficient (Wildman–Crippen LogP) is 2.68. The van der Waals surface area contributed by atoms with E-state index in [2.05, 4.69) is 9.47 Å². The van der Waals surface area contributed by atoms with Crippen LogP contribution in [0.1, 0.15) is 6.42 Å². The van der Waals surface area contributed by atoms with Crippen molar-refractivity contribution in [3.05, 3.63) is 68.3 Å². The quantitative estimate of drug-likeness (QED) is 0.244. The van der Waals surface area contributed by atoms with Crippen molar-refractivity contribution >= 4 is 23.3 Å². The molecule has 2 aromatic rings. The zero-order valence-corrected chi connectivity index (χ0v) is 13.1. The number of nitro benzene ring substituents is 2. The highest BCUT2D eigenvalue weighted by Crippen LogP contribution is 2.31. The predicted molar refractivity (Wildman–Crippen MR) is 82.0 cm³/mol. The zero-order valence-electron chi connectivity index (χ0n) is 13.1. The van der Waals surface area contributed by atoms with Gasteiger partial charge in [-0.05, 0) is 12.1 Å². The Morgan fingerprint density at radius 3 is 1.52 bits per heavy atom. The number of benzene rings is 2. The third kappa shape index (κ3) is 4.56. The highest BCUT2D eigenvalue weighted by atomic mass is 19.1. The average molecular weight is 382 g/mol. The Hall–Kier alpha value is -3.96. The Labute approximate surface area is 148 Å². The Balaban J connectivity index is 2.14. The summed E-state index contributed by atoms with van der Waals surface area (Å²) in [6.07, 6.45) is -1.21. The summed E-state index contributed by atoms with van der Waals surface area (Å²) in [7, 11) is 0. The van der Waals surface area contributed by atoms with E-state index in [1.54, 1.807) is 0 Å². The molecule has 0 aliphatic rings. The van der Waals surface area contributed by atoms with Crippen LogP contribution in [-0.4, -0.2) is 21.8 Å². The SMILES string of the molecule is O=C(CC(=O)Oc1c(F)cccc1[N+](=O)[O-])Oc1c(F)cccc1[N+](=O)[O-]. The van der Waals surface area contributed by atoms with Gasteiger partial charge in [-0.1, -0.05) is 12.1 Å². The molecule has 0 saturated carbocycles. The van der Waals surface area contributed by atoms with Gasteiger partial charge in [0.25, 0.3) is 0 Å². The second-order valence-corrected chi connectivity index (χ2v) is 4.82. The first-order valence-electron chi connectivity index (χ1n) is 6.98. The second-order valence-electron chi connectivity index (χ2n) is 4.82. The van der Waals surface area contributed by atoms with E-state index in [-0.39, 0.29) is 0 Å². The highest BCUT2D eigenvalue weighted by Gasteiger charge is 2.26. The molecule has 0 spiro atoms. The molecule has 2 aromatic carbocycles. The largest absolute Gasteiger partial charge is 0.416 e. The first-order valence-corrected chi connectivity index (χ1v) is 6.98. The summed E-state index contributed by atoms with van der Waals surface area (Å²) in [5.41, 5.74) is -1.72. The fourth-order valence-electron chi connectivity index (χ4n) is 1.90. The molecule has 0 aromatic heterocycles. The number of nitrogens with zero attached hydrogens (tertiary/aromatic N) is 2. The number of rotatable bonds is 6. The summed E-state index contributed by atoms with van der Waals surface area (Å²) in [5, 5.41) is 21.6. The lowest BCUT2D eigenvalue weighted by Crippen LogP contribution is -2.19. The number of esters is 2. The van der Waals surface area contributed by atoms with Crippen LogP contribution in [0.4, 0.5) is 20.2 Å². The highest BCUT2D eigenvalue weighted by molar-refractivity contribution is 5.93. The number of hydrogen-bond donors (Lipinski definition) is 0. The Morgan fingerprint density at radius 2 is 1.19 bits per heavy atom. The van der Waals surface area contributed by atoms with Crippen molar-refractivity contribution in [3.8, 4) is 11.5 Å². The molecule has 0 heterocycles. The molecule has 12 heteroatoms. The van der Waals surface area contributed by atoms with E-state index in [1.807, 2.05) is 0 Å². The monoisotopic (exact) mass is 382 g/mol. The van der Waals surface area contributed by atoms with E-state index >= 15 is 0 Å². The summed E-state index contributed by atoms with van der Waals surface area (Å²) >= 11 is 0. The summed E-state index contributed by atoms with van der Waals surface area (Å²) in [6, 6.07) is 5.33. The molecule has 27 heavy (non-hydrogen) atoms. The Kier molecular flexibility index (Phi) is 5.70. The normalized spacial score (nSPS) is 10.1. The van der Waals surface area contributed by atoms with Crippen LogP contribution >= 0.6 is 0 Å². The fraction of sp³-hybridized carbons (Fsp3) is 0.0667. The van der Waals surface area contributed by atoms with Crippen molar-refractivity contribution in [2.24, 2.45) is 0 Å². The Bertz CT molecular complexity index is 872. The summed E-state index contributed by atoms with van der Waals surface area (Å²) in [6.45, 7) is 0. The Morgan fingerprint density at radius 1 is 0.815 bits per heavy atom. The maximum absolute atomic E-state index is 13.6. The number of carbonyl (C=O) groups excluding carboxylic acids is 2. The smallest absolute Gasteiger partial charge is 0.322 e. The first kappa shape index (κ1) is 19.4. The van der Waals surface area contributed by atoms with Gasteiger partial charge >= 0.3 is 23.3 Å². The van der Waals surface area contributed by atoms with Crippen molar-refractivity contribution in [1.82, 2.24) is 0 Å². The molecular weight excluding hydrogens is 374 g/mol. The van der Waals surface area contributed by atoms with E-state index in [0.29, 0.717) is 0 Å². The summed E-state index contributed by atoms with van der Waals surface area (Å²) < 4.78 is 36.2. The molecule has 0 unspecified atom stereocenters. The van der Waals surface area contributed by atoms with Gasteiger partial charge < -0.3 is 9.47 Å². The van der Waals surface area contributed by atoms with Gasteiger partial charge in [0.05, 0.1) is 9.85 Å². The van der Waals surface area contributed by atoms with Gasteiger partial charge in [-0.15, -0.1) is 0 Å².